The van der Waals surface area contributed by atoms with E-state index in [-0.39, 0.29) is 0 Å². The number of allylic oxidation sites excluding steroid dienone is 1. The molecular formula is C19H29N5O. The number of nitrogens with zero attached hydrogens (tertiary/aromatic N) is 3. The van der Waals surface area contributed by atoms with Crippen LogP contribution in [-0.4, -0.2) is 57.0 Å². The molecule has 136 valence electrons. The number of methoxy groups -OCH3 is 1. The average molecular weight is 343 g/mol. The van der Waals surface area contributed by atoms with Crippen molar-refractivity contribution in [3.05, 3.63) is 23.9 Å². The lowest BCUT2D eigenvalue weighted by Gasteiger charge is -2.40. The maximum atomic E-state index is 6.14. The second kappa shape index (κ2) is 6.96. The summed E-state index contributed by atoms with van der Waals surface area (Å²) in [6, 6.07) is 3.95. The molecular weight excluding hydrogens is 314 g/mol. The summed E-state index contributed by atoms with van der Waals surface area (Å²) < 4.78 is 5.44. The monoisotopic (exact) mass is 343 g/mol. The molecule has 6 nitrogen and oxygen atoms in total. The van der Waals surface area contributed by atoms with E-state index < -0.39 is 0 Å². The highest BCUT2D eigenvalue weighted by Crippen LogP contribution is 2.42. The van der Waals surface area contributed by atoms with Crippen LogP contribution in [0.25, 0.3) is 5.57 Å². The molecule has 1 saturated carbocycles. The Morgan fingerprint density at radius 2 is 1.92 bits per heavy atom. The summed E-state index contributed by atoms with van der Waals surface area (Å²) in [5.41, 5.74) is 16.0. The van der Waals surface area contributed by atoms with Gasteiger partial charge in [0.2, 0.25) is 0 Å². The fourth-order valence-corrected chi connectivity index (χ4v) is 3.58. The van der Waals surface area contributed by atoms with Crippen molar-refractivity contribution < 1.29 is 4.74 Å². The van der Waals surface area contributed by atoms with Gasteiger partial charge in [0.05, 0.1) is 12.8 Å². The lowest BCUT2D eigenvalue weighted by atomic mass is 10.0. The number of nitrogens with two attached hydrogens (primary N) is 2. The number of anilines is 2. The molecule has 1 aliphatic heterocycles. The first-order chi connectivity index (χ1) is 12.0. The summed E-state index contributed by atoms with van der Waals surface area (Å²) in [4.78, 5) is 9.13. The van der Waals surface area contributed by atoms with Gasteiger partial charge in [0, 0.05) is 74.1 Å². The fraction of sp³-hybridized carbons (Fsp3) is 0.526. The van der Waals surface area contributed by atoms with Gasteiger partial charge < -0.3 is 21.1 Å². The summed E-state index contributed by atoms with van der Waals surface area (Å²) in [6.07, 6.45) is 5.99. The Bertz CT molecular complexity index is 685. The van der Waals surface area contributed by atoms with Crippen LogP contribution in [0, 0.1) is 0 Å². The minimum absolute atomic E-state index is 0.435. The van der Waals surface area contributed by atoms with Gasteiger partial charge in [-0.2, -0.15) is 0 Å². The van der Waals surface area contributed by atoms with Crippen LogP contribution < -0.4 is 21.1 Å². The SMILES string of the molecule is CN=CC(=CN)c1cc(N)c(OC)cc1N1CCN(C2(C)CC2)CC1. The van der Waals surface area contributed by atoms with Crippen LogP contribution in [0.3, 0.4) is 0 Å². The molecule has 1 aromatic carbocycles. The summed E-state index contributed by atoms with van der Waals surface area (Å²) in [6.45, 7) is 6.49. The molecule has 0 unspecified atom stereocenters. The Balaban J connectivity index is 1.91. The number of aliphatic imine (C=N–C) groups is 1. The minimum atomic E-state index is 0.435. The Labute approximate surface area is 150 Å². The van der Waals surface area contributed by atoms with Gasteiger partial charge in [0.25, 0.3) is 0 Å². The third-order valence-corrected chi connectivity index (χ3v) is 5.46. The molecule has 4 N–H and O–H groups in total. The van der Waals surface area contributed by atoms with E-state index in [1.54, 1.807) is 26.6 Å². The Hall–Kier alpha value is -2.21. The van der Waals surface area contributed by atoms with Crippen molar-refractivity contribution >= 4 is 23.2 Å². The molecule has 0 amide bonds. The predicted octanol–water partition coefficient (Wildman–Crippen LogP) is 1.95. The standard InChI is InChI=1S/C19H29N5O/c1-19(4-5-19)24-8-6-23(7-9-24)17-11-18(25-3)16(21)10-15(17)14(12-20)13-22-2/h10-13H,4-9,20-21H2,1-3H3. The quantitative estimate of drug-likeness (QED) is 0.631. The second-order valence-corrected chi connectivity index (χ2v) is 7.09. The van der Waals surface area contributed by atoms with E-state index in [0.29, 0.717) is 17.0 Å². The Morgan fingerprint density at radius 3 is 2.44 bits per heavy atom. The van der Waals surface area contributed by atoms with E-state index in [1.807, 2.05) is 12.1 Å². The topological polar surface area (TPSA) is 80.1 Å². The number of ether oxygens (including phenoxy) is 1. The van der Waals surface area contributed by atoms with Gasteiger partial charge in [-0.3, -0.25) is 9.89 Å². The van der Waals surface area contributed by atoms with E-state index in [9.17, 15) is 0 Å². The first kappa shape index (κ1) is 17.6. The van der Waals surface area contributed by atoms with Gasteiger partial charge in [-0.25, -0.2) is 0 Å². The maximum Gasteiger partial charge on any atom is 0.143 e. The largest absolute Gasteiger partial charge is 0.495 e. The van der Waals surface area contributed by atoms with E-state index in [1.165, 1.54) is 12.8 Å². The molecule has 0 atom stereocenters. The predicted molar refractivity (Wildman–Crippen MR) is 105 cm³/mol. The van der Waals surface area contributed by atoms with Crippen LogP contribution >= 0.6 is 0 Å². The summed E-state index contributed by atoms with van der Waals surface area (Å²) in [7, 11) is 3.39. The number of benzene rings is 1. The smallest absolute Gasteiger partial charge is 0.143 e. The van der Waals surface area contributed by atoms with Gasteiger partial charge in [-0.15, -0.1) is 0 Å². The molecule has 3 rings (SSSR count). The molecule has 1 heterocycles. The van der Waals surface area contributed by atoms with Crippen LogP contribution in [0.1, 0.15) is 25.3 Å². The normalized spacial score (nSPS) is 20.9. The third-order valence-electron chi connectivity index (χ3n) is 5.46. The molecule has 2 fully saturated rings. The zero-order valence-corrected chi connectivity index (χ0v) is 15.5. The highest BCUT2D eigenvalue weighted by Gasteiger charge is 2.44. The Kier molecular flexibility index (Phi) is 4.90. The van der Waals surface area contributed by atoms with Gasteiger partial charge in [0.15, 0.2) is 0 Å². The molecule has 1 saturated heterocycles. The van der Waals surface area contributed by atoms with Gasteiger partial charge in [-0.1, -0.05) is 0 Å². The van der Waals surface area contributed by atoms with Crippen LogP contribution in [0.2, 0.25) is 0 Å². The first-order valence-electron chi connectivity index (χ1n) is 8.84. The highest BCUT2D eigenvalue weighted by atomic mass is 16.5. The third kappa shape index (κ3) is 3.44. The van der Waals surface area contributed by atoms with Crippen LogP contribution in [-0.2, 0) is 0 Å². The molecule has 0 aromatic heterocycles. The van der Waals surface area contributed by atoms with Crippen LogP contribution in [0.15, 0.2) is 23.3 Å². The molecule has 6 heteroatoms. The Morgan fingerprint density at radius 1 is 1.24 bits per heavy atom. The summed E-state index contributed by atoms with van der Waals surface area (Å²) >= 11 is 0. The van der Waals surface area contributed by atoms with Crippen molar-refractivity contribution in [3.8, 4) is 5.75 Å². The lowest BCUT2D eigenvalue weighted by molar-refractivity contribution is 0.180. The van der Waals surface area contributed by atoms with Crippen molar-refractivity contribution in [3.63, 3.8) is 0 Å². The number of rotatable bonds is 5. The van der Waals surface area contributed by atoms with Crippen LogP contribution in [0.5, 0.6) is 5.75 Å². The van der Waals surface area contributed by atoms with Crippen molar-refractivity contribution in [2.45, 2.75) is 25.3 Å². The molecule has 0 radical (unpaired) electrons. The zero-order valence-electron chi connectivity index (χ0n) is 15.5. The zero-order chi connectivity index (χ0) is 18.0. The van der Waals surface area contributed by atoms with Crippen molar-refractivity contribution in [2.75, 3.05) is 51.0 Å². The first-order valence-corrected chi connectivity index (χ1v) is 8.84. The molecule has 0 bridgehead atoms. The lowest BCUT2D eigenvalue weighted by Crippen LogP contribution is -2.50. The maximum absolute atomic E-state index is 6.14. The second-order valence-electron chi connectivity index (χ2n) is 7.09. The molecule has 1 aromatic rings. The van der Waals surface area contributed by atoms with Crippen molar-refractivity contribution in [1.29, 1.82) is 0 Å². The van der Waals surface area contributed by atoms with Gasteiger partial charge in [0.1, 0.15) is 5.75 Å². The molecule has 25 heavy (non-hydrogen) atoms. The van der Waals surface area contributed by atoms with Gasteiger partial charge in [-0.05, 0) is 25.8 Å². The van der Waals surface area contributed by atoms with E-state index in [4.69, 9.17) is 16.2 Å². The molecule has 1 aliphatic carbocycles. The number of nitrogen functional groups attached to an aromatic ring is 1. The highest BCUT2D eigenvalue weighted by molar-refractivity contribution is 6.12. The van der Waals surface area contributed by atoms with Gasteiger partial charge >= 0.3 is 0 Å². The van der Waals surface area contributed by atoms with E-state index in [2.05, 4.69) is 21.7 Å². The summed E-state index contributed by atoms with van der Waals surface area (Å²) in [5.74, 6) is 0.695. The van der Waals surface area contributed by atoms with Crippen molar-refractivity contribution in [2.24, 2.45) is 10.7 Å². The minimum Gasteiger partial charge on any atom is -0.495 e. The van der Waals surface area contributed by atoms with Crippen molar-refractivity contribution in [1.82, 2.24) is 4.90 Å². The molecule has 2 aliphatic rings. The fourth-order valence-electron chi connectivity index (χ4n) is 3.58. The average Bonchev–Trinajstić information content (AvgIpc) is 3.38. The number of hydrogen-bond donors (Lipinski definition) is 2. The number of hydrogen-bond acceptors (Lipinski definition) is 6. The van der Waals surface area contributed by atoms with E-state index in [0.717, 1.165) is 43.0 Å². The number of piperazine rings is 1. The summed E-state index contributed by atoms with van der Waals surface area (Å²) in [5, 5.41) is 0. The molecule has 0 spiro atoms. The van der Waals surface area contributed by atoms with E-state index >= 15 is 0 Å². The van der Waals surface area contributed by atoms with Crippen LogP contribution in [0.4, 0.5) is 11.4 Å².